The number of hydrogen-bond donors (Lipinski definition) is 1. The highest BCUT2D eigenvalue weighted by molar-refractivity contribution is 5.47. The fourth-order valence-corrected chi connectivity index (χ4v) is 1.79. The molecular weight excluding hydrogens is 202 g/mol. The molecule has 1 fully saturated rings. The zero-order chi connectivity index (χ0) is 11.4. The second-order valence-electron chi connectivity index (χ2n) is 4.32. The predicted molar refractivity (Wildman–Crippen MR) is 66.0 cm³/mol. The highest BCUT2D eigenvalue weighted by atomic mass is 16.5. The summed E-state index contributed by atoms with van der Waals surface area (Å²) in [4.78, 5) is 6.34. The summed E-state index contributed by atoms with van der Waals surface area (Å²) in [5.74, 6) is 0.975. The zero-order valence-electron chi connectivity index (χ0n) is 9.94. The molecule has 1 atom stereocenters. The topological polar surface area (TPSA) is 37.4 Å². The Balaban J connectivity index is 1.84. The quantitative estimate of drug-likeness (QED) is 0.840. The van der Waals surface area contributed by atoms with Crippen molar-refractivity contribution in [1.82, 2.24) is 4.98 Å². The van der Waals surface area contributed by atoms with E-state index in [0.29, 0.717) is 6.10 Å². The van der Waals surface area contributed by atoms with Crippen molar-refractivity contribution < 1.29 is 4.74 Å². The van der Waals surface area contributed by atoms with Gasteiger partial charge >= 0.3 is 0 Å². The lowest BCUT2D eigenvalue weighted by Crippen LogP contribution is -2.18. The van der Waals surface area contributed by atoms with E-state index in [1.54, 1.807) is 0 Å². The molecule has 0 amide bonds. The first-order chi connectivity index (χ1) is 7.75. The van der Waals surface area contributed by atoms with E-state index in [4.69, 9.17) is 4.74 Å². The van der Waals surface area contributed by atoms with Crippen molar-refractivity contribution in [3.63, 3.8) is 0 Å². The maximum absolute atomic E-state index is 5.55. The second kappa shape index (κ2) is 5.16. The van der Waals surface area contributed by atoms with Gasteiger partial charge in [0.05, 0.1) is 18.0 Å². The van der Waals surface area contributed by atoms with E-state index < -0.39 is 0 Å². The molecule has 88 valence electrons. The normalized spacial score (nSPS) is 19.8. The van der Waals surface area contributed by atoms with Gasteiger partial charge < -0.3 is 15.0 Å². The molecule has 1 aliphatic heterocycles. The largest absolute Gasteiger partial charge is 0.381 e. The van der Waals surface area contributed by atoms with Gasteiger partial charge in [0.1, 0.15) is 5.82 Å². The molecule has 2 rings (SSSR count). The summed E-state index contributed by atoms with van der Waals surface area (Å²) in [6.45, 7) is 1.78. The van der Waals surface area contributed by atoms with Crippen LogP contribution in [0.15, 0.2) is 18.3 Å². The SMILES string of the molecule is CN(C)c1ccc(NCC2CCCO2)cn1. The van der Waals surface area contributed by atoms with Crippen molar-refractivity contribution >= 4 is 11.5 Å². The number of anilines is 2. The van der Waals surface area contributed by atoms with Crippen LogP contribution in [-0.2, 0) is 4.74 Å². The predicted octanol–water partition coefficient (Wildman–Crippen LogP) is 1.74. The lowest BCUT2D eigenvalue weighted by Gasteiger charge is -2.14. The van der Waals surface area contributed by atoms with E-state index in [1.165, 1.54) is 6.42 Å². The summed E-state index contributed by atoms with van der Waals surface area (Å²) >= 11 is 0. The van der Waals surface area contributed by atoms with Gasteiger partial charge in [0.2, 0.25) is 0 Å². The lowest BCUT2D eigenvalue weighted by atomic mass is 10.2. The molecule has 1 N–H and O–H groups in total. The zero-order valence-corrected chi connectivity index (χ0v) is 9.94. The van der Waals surface area contributed by atoms with Gasteiger partial charge in [-0.3, -0.25) is 0 Å². The van der Waals surface area contributed by atoms with Crippen molar-refractivity contribution in [2.24, 2.45) is 0 Å². The van der Waals surface area contributed by atoms with Crippen molar-refractivity contribution in [2.45, 2.75) is 18.9 Å². The van der Waals surface area contributed by atoms with Gasteiger partial charge in [0.25, 0.3) is 0 Å². The third kappa shape index (κ3) is 2.85. The lowest BCUT2D eigenvalue weighted by molar-refractivity contribution is 0.120. The van der Waals surface area contributed by atoms with Gasteiger partial charge in [-0.25, -0.2) is 4.98 Å². The van der Waals surface area contributed by atoms with Crippen molar-refractivity contribution in [1.29, 1.82) is 0 Å². The molecule has 0 aliphatic carbocycles. The van der Waals surface area contributed by atoms with Crippen LogP contribution < -0.4 is 10.2 Å². The Hall–Kier alpha value is -1.29. The van der Waals surface area contributed by atoms with Gasteiger partial charge in [-0.1, -0.05) is 0 Å². The second-order valence-corrected chi connectivity index (χ2v) is 4.32. The number of aromatic nitrogens is 1. The van der Waals surface area contributed by atoms with Crippen LogP contribution in [0.3, 0.4) is 0 Å². The summed E-state index contributed by atoms with van der Waals surface area (Å²) in [5, 5.41) is 3.35. The molecule has 0 saturated carbocycles. The Kier molecular flexibility index (Phi) is 3.62. The van der Waals surface area contributed by atoms with Crippen LogP contribution in [0.5, 0.6) is 0 Å². The molecule has 1 saturated heterocycles. The van der Waals surface area contributed by atoms with Crippen LogP contribution in [0.25, 0.3) is 0 Å². The fourth-order valence-electron chi connectivity index (χ4n) is 1.79. The van der Waals surface area contributed by atoms with Crippen LogP contribution >= 0.6 is 0 Å². The standard InChI is InChI=1S/C12H19N3O/c1-15(2)12-6-5-10(8-14-12)13-9-11-4-3-7-16-11/h5-6,8,11,13H,3-4,7,9H2,1-2H3. The molecule has 16 heavy (non-hydrogen) atoms. The molecule has 1 aliphatic rings. The minimum absolute atomic E-state index is 0.369. The van der Waals surface area contributed by atoms with E-state index in [9.17, 15) is 0 Å². The first kappa shape index (κ1) is 11.2. The fraction of sp³-hybridized carbons (Fsp3) is 0.583. The van der Waals surface area contributed by atoms with Gasteiger partial charge in [-0.15, -0.1) is 0 Å². The molecule has 1 unspecified atom stereocenters. The van der Waals surface area contributed by atoms with Crippen LogP contribution in [-0.4, -0.2) is 38.3 Å². The third-order valence-corrected chi connectivity index (χ3v) is 2.76. The Morgan fingerprint density at radius 1 is 1.50 bits per heavy atom. The maximum atomic E-state index is 5.55. The van der Waals surface area contributed by atoms with Crippen LogP contribution in [0.1, 0.15) is 12.8 Å². The maximum Gasteiger partial charge on any atom is 0.128 e. The number of nitrogens with one attached hydrogen (secondary N) is 1. The highest BCUT2D eigenvalue weighted by Gasteiger charge is 2.14. The van der Waals surface area contributed by atoms with E-state index in [1.807, 2.05) is 31.3 Å². The molecule has 0 radical (unpaired) electrons. The van der Waals surface area contributed by atoms with Crippen molar-refractivity contribution in [2.75, 3.05) is 37.5 Å². The summed E-state index contributed by atoms with van der Waals surface area (Å²) in [6.07, 6.45) is 4.58. The minimum atomic E-state index is 0.369. The molecule has 1 aromatic rings. The summed E-state index contributed by atoms with van der Waals surface area (Å²) in [6, 6.07) is 4.06. The van der Waals surface area contributed by atoms with Crippen molar-refractivity contribution in [3.05, 3.63) is 18.3 Å². The van der Waals surface area contributed by atoms with Gasteiger partial charge in [0, 0.05) is 27.2 Å². The number of ether oxygens (including phenoxy) is 1. The van der Waals surface area contributed by atoms with Crippen LogP contribution in [0.2, 0.25) is 0 Å². The average molecular weight is 221 g/mol. The molecular formula is C12H19N3O. The molecule has 0 aromatic carbocycles. The Morgan fingerprint density at radius 3 is 2.94 bits per heavy atom. The summed E-state index contributed by atoms with van der Waals surface area (Å²) in [7, 11) is 3.98. The Bertz CT molecular complexity index is 318. The van der Waals surface area contributed by atoms with Crippen molar-refractivity contribution in [3.8, 4) is 0 Å². The third-order valence-electron chi connectivity index (χ3n) is 2.76. The first-order valence-electron chi connectivity index (χ1n) is 5.74. The van der Waals surface area contributed by atoms with Gasteiger partial charge in [-0.05, 0) is 25.0 Å². The summed E-state index contributed by atoms with van der Waals surface area (Å²) < 4.78 is 5.55. The smallest absolute Gasteiger partial charge is 0.128 e. The number of pyridine rings is 1. The number of hydrogen-bond acceptors (Lipinski definition) is 4. The minimum Gasteiger partial charge on any atom is -0.381 e. The monoisotopic (exact) mass is 221 g/mol. The first-order valence-corrected chi connectivity index (χ1v) is 5.74. The molecule has 0 spiro atoms. The molecule has 1 aromatic heterocycles. The van der Waals surface area contributed by atoms with E-state index in [0.717, 1.165) is 31.1 Å². The van der Waals surface area contributed by atoms with E-state index in [-0.39, 0.29) is 0 Å². The highest BCUT2D eigenvalue weighted by Crippen LogP contribution is 2.15. The number of nitrogens with zero attached hydrogens (tertiary/aromatic N) is 2. The molecule has 4 heteroatoms. The molecule has 4 nitrogen and oxygen atoms in total. The number of rotatable bonds is 4. The summed E-state index contributed by atoms with van der Waals surface area (Å²) in [5.41, 5.74) is 1.06. The van der Waals surface area contributed by atoms with E-state index in [2.05, 4.69) is 16.4 Å². The Morgan fingerprint density at radius 2 is 2.38 bits per heavy atom. The van der Waals surface area contributed by atoms with Crippen LogP contribution in [0, 0.1) is 0 Å². The average Bonchev–Trinajstić information content (AvgIpc) is 2.80. The molecule has 0 bridgehead atoms. The van der Waals surface area contributed by atoms with E-state index >= 15 is 0 Å². The molecule has 2 heterocycles. The van der Waals surface area contributed by atoms with Gasteiger partial charge in [0.15, 0.2) is 0 Å². The van der Waals surface area contributed by atoms with Crippen LogP contribution in [0.4, 0.5) is 11.5 Å². The Labute approximate surface area is 96.6 Å². The van der Waals surface area contributed by atoms with Gasteiger partial charge in [-0.2, -0.15) is 0 Å².